The van der Waals surface area contributed by atoms with E-state index in [1.54, 1.807) is 42.8 Å². The Hall–Kier alpha value is -2.79. The molecular formula is C37H25BCl5F10N10Na2OS2. The Morgan fingerprint density at radius 1 is 0.676 bits per heavy atom. The molecule has 0 saturated heterocycles. The van der Waals surface area contributed by atoms with Gasteiger partial charge in [-0.3, -0.25) is 9.97 Å². The van der Waals surface area contributed by atoms with E-state index in [9.17, 15) is 43.9 Å². The normalized spacial score (nSPS) is 10.6. The fraction of sp³-hybridized carbons (Fsp3) is 0.189. The molecule has 6 rings (SSSR count). The van der Waals surface area contributed by atoms with Crippen LogP contribution in [-0.4, -0.2) is 61.3 Å². The van der Waals surface area contributed by atoms with Gasteiger partial charge in [-0.15, -0.1) is 21.1 Å². The van der Waals surface area contributed by atoms with Gasteiger partial charge in [-0.05, 0) is 65.0 Å². The number of thioether (sulfide) groups is 2. The van der Waals surface area contributed by atoms with Crippen molar-refractivity contribution in [2.75, 3.05) is 16.9 Å². The van der Waals surface area contributed by atoms with Crippen molar-refractivity contribution in [3.05, 3.63) is 138 Å². The third-order valence-electron chi connectivity index (χ3n) is 7.71. The van der Waals surface area contributed by atoms with Gasteiger partial charge in [0.25, 0.3) is 5.76 Å². The number of anilines is 2. The van der Waals surface area contributed by atoms with E-state index in [1.807, 2.05) is 6.07 Å². The molecule has 31 heteroatoms. The van der Waals surface area contributed by atoms with Crippen molar-refractivity contribution in [2.45, 2.75) is 46.9 Å². The molecule has 0 aliphatic carbocycles. The average Bonchev–Trinajstić information content (AvgIpc) is 3.74. The monoisotopic (exact) mass is 1110 g/mol. The van der Waals surface area contributed by atoms with Crippen LogP contribution >= 0.6 is 81.5 Å². The van der Waals surface area contributed by atoms with Crippen molar-refractivity contribution in [2.24, 2.45) is 0 Å². The first-order valence-corrected chi connectivity index (χ1v) is 21.0. The summed E-state index contributed by atoms with van der Waals surface area (Å²) >= 11 is 29.7. The molecule has 0 aliphatic rings. The Morgan fingerprint density at radius 3 is 1.29 bits per heavy atom. The second kappa shape index (κ2) is 29.5. The van der Waals surface area contributed by atoms with E-state index < -0.39 is 45.2 Å². The van der Waals surface area contributed by atoms with Gasteiger partial charge in [0, 0.05) is 20.8 Å². The van der Waals surface area contributed by atoms with E-state index in [0.717, 1.165) is 22.5 Å². The van der Waals surface area contributed by atoms with Crippen LogP contribution in [0.3, 0.4) is 0 Å². The van der Waals surface area contributed by atoms with Gasteiger partial charge in [0.15, 0.2) is 11.6 Å². The molecule has 0 fully saturated rings. The average molecular weight is 1110 g/mol. The Labute approximate surface area is 462 Å². The van der Waals surface area contributed by atoms with Crippen LogP contribution in [0.5, 0.6) is 0 Å². The van der Waals surface area contributed by atoms with E-state index in [1.165, 1.54) is 22.6 Å². The van der Waals surface area contributed by atoms with Crippen LogP contribution in [0.15, 0.2) is 82.8 Å². The van der Waals surface area contributed by atoms with Crippen LogP contribution in [0, 0.1) is 13.1 Å². The number of alkyl halides is 11. The molecule has 11 nitrogen and oxygen atoms in total. The molecule has 351 valence electrons. The summed E-state index contributed by atoms with van der Waals surface area (Å²) in [5.41, 5.74) is -0.935. The minimum atomic E-state index is -4.70. The number of aromatic nitrogens is 6. The Kier molecular flexibility index (Phi) is 28.3. The van der Waals surface area contributed by atoms with Gasteiger partial charge in [0.1, 0.15) is 11.4 Å². The van der Waals surface area contributed by atoms with E-state index in [2.05, 4.69) is 52.1 Å². The van der Waals surface area contributed by atoms with Crippen molar-refractivity contribution >= 4 is 113 Å². The van der Waals surface area contributed by atoms with Crippen LogP contribution in [-0.2, 0) is 25.4 Å². The van der Waals surface area contributed by atoms with E-state index in [4.69, 9.17) is 59.5 Å². The quantitative estimate of drug-likeness (QED) is 0.0432. The zero-order valence-corrected chi connectivity index (χ0v) is 44.0. The number of hydrogen-bond donors (Lipinski definition) is 2. The molecule has 0 saturated carbocycles. The van der Waals surface area contributed by atoms with Crippen molar-refractivity contribution in [3.8, 4) is 11.4 Å². The maximum absolute atomic E-state index is 13.1. The smallest absolute Gasteiger partial charge is 1.00 e. The van der Waals surface area contributed by atoms with Gasteiger partial charge in [0.05, 0.1) is 65.5 Å². The number of pyridine rings is 2. The molecule has 0 atom stereocenters. The number of hydrogen-bond acceptors (Lipinski definition) is 9. The standard InChI is InChI=1S/C18H10Cl2F5N5S.C18H12Cl2F3N5S.CHClF2.B.2Na.H2O.H/c1-26-15-14(31-17(21)22)16(28-8-10-4-2-3-5-27-10)30(29-15)13-11(19)6-9(7-12(13)20)18(23,24)25;1-24-16-15(29-2)17(26-9-11-5-3-4-6-25-11)28(27-16)14-12(19)7-10(8-13(14)20)18(21,22)23;2-1(3)4;;;;;/h2-7,17,28H,8H2;3-8,26H,9H2,2H3;1H;;;;1H2;/q;;;;2*+1;;-1/p-1. The topological polar surface area (TPSA) is 124 Å². The third-order valence-corrected chi connectivity index (χ3v) is 10.4. The number of nitrogens with one attached hydrogen (secondary N) is 2. The first-order valence-electron chi connectivity index (χ1n) is 16.9. The number of nitrogens with zero attached hydrogens (tertiary/aromatic N) is 8. The Bertz CT molecular complexity index is 2610. The summed E-state index contributed by atoms with van der Waals surface area (Å²) in [6.45, 7) is 15.0. The fourth-order valence-corrected chi connectivity index (χ4v) is 7.72. The van der Waals surface area contributed by atoms with Crippen LogP contribution in [0.25, 0.3) is 21.1 Å². The molecule has 0 spiro atoms. The SMILES string of the molecule is FC(F)Cl.[B].[C-]#[N+]c1nn(-c2c(Cl)cc(C(F)(F)F)cc2Cl)c(NCc2ccccn2)c1SC.[C-]#[N+]c1nn(-c2c(Cl)cc(C(F)(F)F)cc2Cl)c(NCc2ccccn2)c1SC(F)F.[H-].[Na+].[Na+].[OH-]. The Morgan fingerprint density at radius 2 is 1.01 bits per heavy atom. The van der Waals surface area contributed by atoms with Crippen LogP contribution in [0.4, 0.5) is 67.2 Å². The molecular weight excluding hydrogens is 1090 g/mol. The number of rotatable bonds is 11. The molecule has 3 radical (unpaired) electrons. The van der Waals surface area contributed by atoms with Gasteiger partial charge in [0.2, 0.25) is 0 Å². The summed E-state index contributed by atoms with van der Waals surface area (Å²) in [5, 5.41) is 12.8. The Balaban J connectivity index is 0. The number of benzene rings is 2. The molecule has 4 aromatic heterocycles. The number of halogens is 15. The maximum atomic E-state index is 13.1. The predicted octanol–water partition coefficient (Wildman–Crippen LogP) is 8.56. The zero-order valence-electron chi connectivity index (χ0n) is 35.6. The summed E-state index contributed by atoms with van der Waals surface area (Å²) in [6.07, 6.45) is -4.37. The van der Waals surface area contributed by atoms with Gasteiger partial charge in [-0.1, -0.05) is 95.0 Å². The summed E-state index contributed by atoms with van der Waals surface area (Å²) in [6, 6.07) is 13.3. The zero-order chi connectivity index (χ0) is 47.5. The second-order valence-corrected chi connectivity index (χ2v) is 15.6. The van der Waals surface area contributed by atoms with Crippen molar-refractivity contribution < 1.29 is 110 Å². The van der Waals surface area contributed by atoms with Crippen LogP contribution < -0.4 is 69.7 Å². The summed E-state index contributed by atoms with van der Waals surface area (Å²) < 4.78 is 127. The first kappa shape index (κ1) is 65.2. The van der Waals surface area contributed by atoms with Gasteiger partial charge in [-0.2, -0.15) is 43.9 Å². The van der Waals surface area contributed by atoms with E-state index >= 15 is 0 Å². The van der Waals surface area contributed by atoms with Gasteiger partial charge < -0.3 is 27.2 Å². The minimum Gasteiger partial charge on any atom is -1.00 e. The molecule has 68 heavy (non-hydrogen) atoms. The predicted molar refractivity (Wildman–Crippen MR) is 237 cm³/mol. The molecule has 6 aromatic rings. The van der Waals surface area contributed by atoms with Crippen molar-refractivity contribution in [3.63, 3.8) is 0 Å². The van der Waals surface area contributed by atoms with Crippen molar-refractivity contribution in [1.82, 2.24) is 29.5 Å². The fourth-order valence-electron chi connectivity index (χ4n) is 5.17. The third kappa shape index (κ3) is 17.8. The van der Waals surface area contributed by atoms with Gasteiger partial charge in [-0.25, -0.2) is 0 Å². The van der Waals surface area contributed by atoms with Crippen LogP contribution in [0.2, 0.25) is 20.1 Å². The molecule has 2 aromatic carbocycles. The maximum Gasteiger partial charge on any atom is 1.00 e. The first-order chi connectivity index (χ1) is 30.1. The largest absolute Gasteiger partial charge is 1.00 e. The molecule has 4 heterocycles. The van der Waals surface area contributed by atoms with E-state index in [0.29, 0.717) is 35.1 Å². The minimum absolute atomic E-state index is 0. The summed E-state index contributed by atoms with van der Waals surface area (Å²) in [5.74, 6) is -5.58. The molecule has 0 amide bonds. The van der Waals surface area contributed by atoms with Gasteiger partial charge >= 0.3 is 89.0 Å². The molecule has 3 N–H and O–H groups in total. The summed E-state index contributed by atoms with van der Waals surface area (Å²) in [7, 11) is 0. The van der Waals surface area contributed by atoms with Crippen molar-refractivity contribution in [1.29, 1.82) is 0 Å². The molecule has 0 bridgehead atoms. The van der Waals surface area contributed by atoms with E-state index in [-0.39, 0.29) is 137 Å². The second-order valence-electron chi connectivity index (χ2n) is 11.8. The molecule has 0 unspecified atom stereocenters. The molecule has 0 aliphatic heterocycles. The van der Waals surface area contributed by atoms with Crippen LogP contribution in [0.1, 0.15) is 23.9 Å². The summed E-state index contributed by atoms with van der Waals surface area (Å²) in [4.78, 5) is 15.2.